The largest absolute Gasteiger partial charge is 0.419 e. The van der Waals surface area contributed by atoms with Gasteiger partial charge in [0.05, 0.1) is 18.2 Å². The molecule has 27 heavy (non-hydrogen) atoms. The summed E-state index contributed by atoms with van der Waals surface area (Å²) in [4.78, 5) is 6.43. The number of hydrogen-bond donors (Lipinski definition) is 0. The van der Waals surface area contributed by atoms with Crippen LogP contribution >= 0.6 is 0 Å². The zero-order valence-electron chi connectivity index (χ0n) is 15.5. The minimum atomic E-state index is 0.274. The van der Waals surface area contributed by atoms with E-state index in [0.29, 0.717) is 18.3 Å². The predicted molar refractivity (Wildman–Crippen MR) is 102 cm³/mol. The number of hydrogen-bond acceptors (Lipinski definition) is 6. The molecule has 6 nitrogen and oxygen atoms in total. The monoisotopic (exact) mass is 364 g/mol. The molecule has 0 N–H and O–H groups in total. The topological polar surface area (TPSA) is 64.3 Å². The SMILES string of the molecule is Cc1cccc(CN(Cc2nnc(-c3cccnc3)o2)C[C@@H]2CCCO2)c1. The van der Waals surface area contributed by atoms with E-state index in [4.69, 9.17) is 9.15 Å². The van der Waals surface area contributed by atoms with Crippen molar-refractivity contribution in [1.29, 1.82) is 0 Å². The smallest absolute Gasteiger partial charge is 0.249 e. The predicted octanol–water partition coefficient (Wildman–Crippen LogP) is 3.62. The first-order chi connectivity index (χ1) is 13.3. The van der Waals surface area contributed by atoms with Crippen LogP contribution in [0.2, 0.25) is 0 Å². The van der Waals surface area contributed by atoms with E-state index in [9.17, 15) is 0 Å². The normalized spacial score (nSPS) is 16.9. The Bertz CT molecular complexity index is 859. The molecule has 1 fully saturated rings. The van der Waals surface area contributed by atoms with Crippen LogP contribution in [0.3, 0.4) is 0 Å². The van der Waals surface area contributed by atoms with Crippen molar-refractivity contribution in [3.05, 3.63) is 65.8 Å². The minimum Gasteiger partial charge on any atom is -0.419 e. The zero-order chi connectivity index (χ0) is 18.5. The number of rotatable bonds is 7. The molecule has 140 valence electrons. The summed E-state index contributed by atoms with van der Waals surface area (Å²) >= 11 is 0. The summed E-state index contributed by atoms with van der Waals surface area (Å²) in [7, 11) is 0. The summed E-state index contributed by atoms with van der Waals surface area (Å²) in [5, 5.41) is 8.42. The lowest BCUT2D eigenvalue weighted by molar-refractivity contribution is 0.0649. The van der Waals surface area contributed by atoms with E-state index < -0.39 is 0 Å². The van der Waals surface area contributed by atoms with E-state index in [0.717, 1.165) is 38.1 Å². The molecule has 0 amide bonds. The second kappa shape index (κ2) is 8.41. The summed E-state index contributed by atoms with van der Waals surface area (Å²) in [5.41, 5.74) is 3.38. The third-order valence-electron chi connectivity index (χ3n) is 4.71. The lowest BCUT2D eigenvalue weighted by Gasteiger charge is -2.24. The van der Waals surface area contributed by atoms with Crippen molar-refractivity contribution in [3.8, 4) is 11.5 Å². The van der Waals surface area contributed by atoms with Crippen molar-refractivity contribution >= 4 is 0 Å². The molecule has 3 heterocycles. The minimum absolute atomic E-state index is 0.274. The van der Waals surface area contributed by atoms with Gasteiger partial charge in [-0.3, -0.25) is 9.88 Å². The number of aromatic nitrogens is 3. The number of pyridine rings is 1. The molecule has 0 radical (unpaired) electrons. The summed E-state index contributed by atoms with van der Waals surface area (Å²) < 4.78 is 11.7. The summed E-state index contributed by atoms with van der Waals surface area (Å²) in [6.07, 6.45) is 5.97. The Labute approximate surface area is 159 Å². The molecule has 4 rings (SSSR count). The average molecular weight is 364 g/mol. The van der Waals surface area contributed by atoms with Crippen LogP contribution < -0.4 is 0 Å². The average Bonchev–Trinajstić information content (AvgIpc) is 3.35. The number of aryl methyl sites for hydroxylation is 1. The Morgan fingerprint density at radius 1 is 1.15 bits per heavy atom. The van der Waals surface area contributed by atoms with Gasteiger partial charge < -0.3 is 9.15 Å². The highest BCUT2D eigenvalue weighted by atomic mass is 16.5. The Morgan fingerprint density at radius 3 is 2.89 bits per heavy atom. The second-order valence-electron chi connectivity index (χ2n) is 7.04. The summed E-state index contributed by atoms with van der Waals surface area (Å²) in [6.45, 7) is 5.26. The lowest BCUT2D eigenvalue weighted by atomic mass is 10.1. The highest BCUT2D eigenvalue weighted by molar-refractivity contribution is 5.49. The van der Waals surface area contributed by atoms with E-state index in [1.807, 2.05) is 12.1 Å². The van der Waals surface area contributed by atoms with Crippen molar-refractivity contribution < 1.29 is 9.15 Å². The Kier molecular flexibility index (Phi) is 5.55. The Morgan fingerprint density at radius 2 is 2.11 bits per heavy atom. The van der Waals surface area contributed by atoms with E-state index in [1.165, 1.54) is 11.1 Å². The van der Waals surface area contributed by atoms with Gasteiger partial charge >= 0.3 is 0 Å². The standard InChI is InChI=1S/C21H24N4O2/c1-16-5-2-6-17(11-16)13-25(14-19-8-4-10-26-19)15-20-23-24-21(27-20)18-7-3-9-22-12-18/h2-3,5-7,9,11-12,19H,4,8,10,13-15H2,1H3/t19-/m0/s1. The maximum absolute atomic E-state index is 5.88. The molecular weight excluding hydrogens is 340 g/mol. The van der Waals surface area contributed by atoms with Gasteiger partial charge in [-0.05, 0) is 37.5 Å². The second-order valence-corrected chi connectivity index (χ2v) is 7.04. The Balaban J connectivity index is 1.49. The molecule has 3 aromatic rings. The number of nitrogens with zero attached hydrogens (tertiary/aromatic N) is 4. The van der Waals surface area contributed by atoms with Gasteiger partial charge in [-0.2, -0.15) is 0 Å². The molecule has 1 aromatic carbocycles. The van der Waals surface area contributed by atoms with Gasteiger partial charge in [-0.1, -0.05) is 29.8 Å². The summed E-state index contributed by atoms with van der Waals surface area (Å²) in [6, 6.07) is 12.4. The maximum atomic E-state index is 5.88. The van der Waals surface area contributed by atoms with Crippen molar-refractivity contribution in [2.75, 3.05) is 13.2 Å². The van der Waals surface area contributed by atoms with Crippen LogP contribution in [0.5, 0.6) is 0 Å². The molecule has 1 aliphatic rings. The first-order valence-corrected chi connectivity index (χ1v) is 9.38. The van der Waals surface area contributed by atoms with Gasteiger partial charge in [0, 0.05) is 32.1 Å². The molecule has 6 heteroatoms. The third-order valence-corrected chi connectivity index (χ3v) is 4.71. The first-order valence-electron chi connectivity index (χ1n) is 9.38. The molecule has 0 saturated carbocycles. The molecule has 1 atom stereocenters. The highest BCUT2D eigenvalue weighted by Gasteiger charge is 2.21. The quantitative estimate of drug-likeness (QED) is 0.638. The fraction of sp³-hybridized carbons (Fsp3) is 0.381. The van der Waals surface area contributed by atoms with Crippen LogP contribution in [0.25, 0.3) is 11.5 Å². The van der Waals surface area contributed by atoms with Crippen LogP contribution in [0.1, 0.15) is 29.9 Å². The van der Waals surface area contributed by atoms with Crippen molar-refractivity contribution in [3.63, 3.8) is 0 Å². The van der Waals surface area contributed by atoms with Gasteiger partial charge in [-0.15, -0.1) is 10.2 Å². The van der Waals surface area contributed by atoms with Crippen LogP contribution in [0, 0.1) is 6.92 Å². The third kappa shape index (κ3) is 4.78. The van der Waals surface area contributed by atoms with Crippen LogP contribution in [0.4, 0.5) is 0 Å². The van der Waals surface area contributed by atoms with E-state index in [2.05, 4.69) is 51.3 Å². The highest BCUT2D eigenvalue weighted by Crippen LogP contribution is 2.20. The Hall–Kier alpha value is -2.57. The zero-order valence-corrected chi connectivity index (χ0v) is 15.5. The van der Waals surface area contributed by atoms with Gasteiger partial charge in [0.2, 0.25) is 11.8 Å². The fourth-order valence-electron chi connectivity index (χ4n) is 3.44. The number of benzene rings is 1. The van der Waals surface area contributed by atoms with E-state index >= 15 is 0 Å². The molecule has 1 aliphatic heterocycles. The molecule has 0 spiro atoms. The van der Waals surface area contributed by atoms with Crippen LogP contribution in [-0.2, 0) is 17.8 Å². The van der Waals surface area contributed by atoms with E-state index in [1.54, 1.807) is 12.4 Å². The molecular formula is C21H24N4O2. The van der Waals surface area contributed by atoms with Gasteiger partial charge in [0.15, 0.2) is 0 Å². The van der Waals surface area contributed by atoms with Crippen molar-refractivity contribution in [1.82, 2.24) is 20.1 Å². The number of ether oxygens (including phenoxy) is 1. The summed E-state index contributed by atoms with van der Waals surface area (Å²) in [5.74, 6) is 1.12. The van der Waals surface area contributed by atoms with Crippen LogP contribution in [-0.4, -0.2) is 39.3 Å². The molecule has 1 saturated heterocycles. The van der Waals surface area contributed by atoms with Crippen LogP contribution in [0.15, 0.2) is 53.2 Å². The first kappa shape index (κ1) is 17.8. The lowest BCUT2D eigenvalue weighted by Crippen LogP contribution is -2.31. The van der Waals surface area contributed by atoms with Crippen molar-refractivity contribution in [2.45, 2.75) is 39.0 Å². The van der Waals surface area contributed by atoms with E-state index in [-0.39, 0.29) is 6.10 Å². The van der Waals surface area contributed by atoms with Gasteiger partial charge in [0.25, 0.3) is 0 Å². The molecule has 0 aliphatic carbocycles. The van der Waals surface area contributed by atoms with Gasteiger partial charge in [0.1, 0.15) is 0 Å². The maximum Gasteiger partial charge on any atom is 0.249 e. The molecule has 0 bridgehead atoms. The molecule has 0 unspecified atom stereocenters. The van der Waals surface area contributed by atoms with Gasteiger partial charge in [-0.25, -0.2) is 0 Å². The van der Waals surface area contributed by atoms with Crippen molar-refractivity contribution in [2.24, 2.45) is 0 Å². The molecule has 2 aromatic heterocycles. The fourth-order valence-corrected chi connectivity index (χ4v) is 3.44.